The van der Waals surface area contributed by atoms with E-state index in [2.05, 4.69) is 4.74 Å². The van der Waals surface area contributed by atoms with Crippen LogP contribution in [0.5, 0.6) is 5.75 Å². The van der Waals surface area contributed by atoms with Gasteiger partial charge in [-0.3, -0.25) is 4.79 Å². The van der Waals surface area contributed by atoms with Gasteiger partial charge in [-0.2, -0.15) is 8.78 Å². The van der Waals surface area contributed by atoms with Crippen molar-refractivity contribution in [3.63, 3.8) is 0 Å². The molecule has 0 spiro atoms. The summed E-state index contributed by atoms with van der Waals surface area (Å²) >= 11 is 0. The van der Waals surface area contributed by atoms with Crippen LogP contribution in [0.3, 0.4) is 0 Å². The molecule has 0 aromatic heterocycles. The Balaban J connectivity index is 2.43. The van der Waals surface area contributed by atoms with Crippen molar-refractivity contribution in [3.8, 4) is 5.75 Å². The van der Waals surface area contributed by atoms with Crippen molar-refractivity contribution in [2.45, 2.75) is 45.4 Å². The van der Waals surface area contributed by atoms with Gasteiger partial charge in [0, 0.05) is 26.1 Å². The van der Waals surface area contributed by atoms with Crippen molar-refractivity contribution >= 4 is 5.91 Å². The fourth-order valence-electron chi connectivity index (χ4n) is 1.90. The molecule has 0 saturated carbocycles. The van der Waals surface area contributed by atoms with Crippen LogP contribution in [0.1, 0.15) is 31.7 Å². The fraction of sp³-hybridized carbons (Fsp3) is 0.533. The molecule has 4 nitrogen and oxygen atoms in total. The van der Waals surface area contributed by atoms with Crippen LogP contribution in [0.4, 0.5) is 8.78 Å². The Bertz CT molecular complexity index is 436. The van der Waals surface area contributed by atoms with Gasteiger partial charge in [-0.15, -0.1) is 0 Å². The molecule has 0 heterocycles. The minimum atomic E-state index is -2.83. The van der Waals surface area contributed by atoms with E-state index >= 15 is 0 Å². The highest BCUT2D eigenvalue weighted by Crippen LogP contribution is 2.16. The van der Waals surface area contributed by atoms with Crippen LogP contribution in [-0.4, -0.2) is 30.5 Å². The van der Waals surface area contributed by atoms with E-state index < -0.39 is 6.61 Å². The Morgan fingerprint density at radius 1 is 1.33 bits per heavy atom. The maximum atomic E-state index is 12.0. The fourth-order valence-corrected chi connectivity index (χ4v) is 1.90. The first-order valence-electron chi connectivity index (χ1n) is 6.91. The Labute approximate surface area is 123 Å². The summed E-state index contributed by atoms with van der Waals surface area (Å²) in [5.41, 5.74) is 6.50. The average Bonchev–Trinajstić information content (AvgIpc) is 2.39. The van der Waals surface area contributed by atoms with E-state index in [1.807, 2.05) is 6.92 Å². The first kappa shape index (κ1) is 17.4. The van der Waals surface area contributed by atoms with E-state index in [-0.39, 0.29) is 17.7 Å². The average molecular weight is 300 g/mol. The van der Waals surface area contributed by atoms with Crippen LogP contribution in [0.15, 0.2) is 24.3 Å². The molecule has 0 fully saturated rings. The zero-order chi connectivity index (χ0) is 15.8. The zero-order valence-electron chi connectivity index (χ0n) is 12.4. The molecular weight excluding hydrogens is 278 g/mol. The molecule has 0 aliphatic carbocycles. The highest BCUT2D eigenvalue weighted by atomic mass is 19.3. The smallest absolute Gasteiger partial charge is 0.387 e. The summed E-state index contributed by atoms with van der Waals surface area (Å²) < 4.78 is 28.3. The molecule has 2 N–H and O–H groups in total. The molecule has 6 heteroatoms. The number of nitrogens with two attached hydrogens (primary N) is 1. The second-order valence-corrected chi connectivity index (χ2v) is 5.14. The second kappa shape index (κ2) is 8.56. The maximum absolute atomic E-state index is 12.0. The Morgan fingerprint density at radius 3 is 2.48 bits per heavy atom. The summed E-state index contributed by atoms with van der Waals surface area (Å²) in [7, 11) is 1.72. The molecule has 0 aliphatic rings. The van der Waals surface area contributed by atoms with Crippen molar-refractivity contribution in [2.75, 3.05) is 7.05 Å². The number of rotatable bonds is 8. The number of carbonyl (C=O) groups excluding carboxylic acids is 1. The summed E-state index contributed by atoms with van der Waals surface area (Å²) in [6.07, 6.45) is 2.05. The predicted octanol–water partition coefficient (Wildman–Crippen LogP) is 2.76. The summed E-state index contributed by atoms with van der Waals surface area (Å²) in [5, 5.41) is 0. The van der Waals surface area contributed by atoms with Crippen molar-refractivity contribution in [3.05, 3.63) is 29.8 Å². The third kappa shape index (κ3) is 7.04. The van der Waals surface area contributed by atoms with Gasteiger partial charge in [-0.1, -0.05) is 12.1 Å². The number of ether oxygens (including phenoxy) is 1. The molecule has 118 valence electrons. The SMILES string of the molecule is CC(N)CCCC(=O)N(C)Cc1ccc(OC(F)F)cc1. The number of alkyl halides is 2. The number of carbonyl (C=O) groups is 1. The molecule has 1 amide bonds. The topological polar surface area (TPSA) is 55.6 Å². The molecular formula is C15H22F2N2O2. The van der Waals surface area contributed by atoms with Crippen LogP contribution in [0.2, 0.25) is 0 Å². The lowest BCUT2D eigenvalue weighted by Crippen LogP contribution is -2.26. The first-order valence-corrected chi connectivity index (χ1v) is 6.91. The van der Waals surface area contributed by atoms with Gasteiger partial charge in [0.25, 0.3) is 0 Å². The van der Waals surface area contributed by atoms with E-state index in [0.717, 1.165) is 18.4 Å². The molecule has 1 aromatic carbocycles. The predicted molar refractivity (Wildman–Crippen MR) is 77.0 cm³/mol. The van der Waals surface area contributed by atoms with Gasteiger partial charge < -0.3 is 15.4 Å². The Kier molecular flexibility index (Phi) is 7.08. The Hall–Kier alpha value is -1.69. The third-order valence-electron chi connectivity index (χ3n) is 3.04. The Morgan fingerprint density at radius 2 is 1.95 bits per heavy atom. The third-order valence-corrected chi connectivity index (χ3v) is 3.04. The van der Waals surface area contributed by atoms with E-state index in [0.29, 0.717) is 13.0 Å². The van der Waals surface area contributed by atoms with Gasteiger partial charge in [0.2, 0.25) is 5.91 Å². The lowest BCUT2D eigenvalue weighted by molar-refractivity contribution is -0.130. The molecule has 1 atom stereocenters. The quantitative estimate of drug-likeness (QED) is 0.803. The van der Waals surface area contributed by atoms with Gasteiger partial charge in [0.1, 0.15) is 5.75 Å². The van der Waals surface area contributed by atoms with Gasteiger partial charge >= 0.3 is 6.61 Å². The summed E-state index contributed by atoms with van der Waals surface area (Å²) in [6.45, 7) is -0.478. The number of nitrogens with zero attached hydrogens (tertiary/aromatic N) is 1. The summed E-state index contributed by atoms with van der Waals surface area (Å²) in [6, 6.07) is 6.38. The highest BCUT2D eigenvalue weighted by molar-refractivity contribution is 5.75. The van der Waals surface area contributed by atoms with E-state index in [1.54, 1.807) is 24.1 Å². The standard InChI is InChI=1S/C15H22F2N2O2/c1-11(18)4-3-5-14(20)19(2)10-12-6-8-13(9-7-12)21-15(16)17/h6-9,11,15H,3-5,10,18H2,1-2H3. The molecule has 0 saturated heterocycles. The minimum Gasteiger partial charge on any atom is -0.435 e. The zero-order valence-corrected chi connectivity index (χ0v) is 12.4. The maximum Gasteiger partial charge on any atom is 0.387 e. The van der Waals surface area contributed by atoms with Gasteiger partial charge in [-0.25, -0.2) is 0 Å². The number of benzene rings is 1. The van der Waals surface area contributed by atoms with Crippen molar-refractivity contribution < 1.29 is 18.3 Å². The highest BCUT2D eigenvalue weighted by Gasteiger charge is 2.10. The van der Waals surface area contributed by atoms with Gasteiger partial charge in [0.15, 0.2) is 0 Å². The first-order chi connectivity index (χ1) is 9.88. The second-order valence-electron chi connectivity index (χ2n) is 5.14. The van der Waals surface area contributed by atoms with Crippen molar-refractivity contribution in [1.82, 2.24) is 4.90 Å². The minimum absolute atomic E-state index is 0.0450. The summed E-state index contributed by atoms with van der Waals surface area (Å²) in [5.74, 6) is 0.156. The molecule has 1 rings (SSSR count). The van der Waals surface area contributed by atoms with Crippen LogP contribution in [-0.2, 0) is 11.3 Å². The molecule has 1 aromatic rings. The lowest BCUT2D eigenvalue weighted by Gasteiger charge is -2.18. The lowest BCUT2D eigenvalue weighted by atomic mass is 10.1. The van der Waals surface area contributed by atoms with Crippen LogP contribution < -0.4 is 10.5 Å². The van der Waals surface area contributed by atoms with Crippen LogP contribution in [0.25, 0.3) is 0 Å². The number of hydrogen-bond acceptors (Lipinski definition) is 3. The van der Waals surface area contributed by atoms with Crippen LogP contribution >= 0.6 is 0 Å². The largest absolute Gasteiger partial charge is 0.435 e. The number of hydrogen-bond donors (Lipinski definition) is 1. The van der Waals surface area contributed by atoms with Gasteiger partial charge in [-0.05, 0) is 37.5 Å². The van der Waals surface area contributed by atoms with E-state index in [9.17, 15) is 13.6 Å². The van der Waals surface area contributed by atoms with Gasteiger partial charge in [0.05, 0.1) is 0 Å². The molecule has 0 bridgehead atoms. The number of halogens is 2. The van der Waals surface area contributed by atoms with E-state index in [4.69, 9.17) is 5.73 Å². The normalized spacial score (nSPS) is 12.3. The monoisotopic (exact) mass is 300 g/mol. The molecule has 0 aliphatic heterocycles. The van der Waals surface area contributed by atoms with Crippen LogP contribution in [0, 0.1) is 0 Å². The summed E-state index contributed by atoms with van der Waals surface area (Å²) in [4.78, 5) is 13.5. The van der Waals surface area contributed by atoms with Crippen molar-refractivity contribution in [1.29, 1.82) is 0 Å². The molecule has 21 heavy (non-hydrogen) atoms. The molecule has 0 radical (unpaired) electrons. The van der Waals surface area contributed by atoms with Crippen molar-refractivity contribution in [2.24, 2.45) is 5.73 Å². The molecule has 1 unspecified atom stereocenters. The number of amides is 1. The van der Waals surface area contributed by atoms with E-state index in [1.165, 1.54) is 12.1 Å².